The van der Waals surface area contributed by atoms with E-state index in [0.29, 0.717) is 11.5 Å². The highest BCUT2D eigenvalue weighted by atomic mass is 16.5. The van der Waals surface area contributed by atoms with Gasteiger partial charge in [0.2, 0.25) is 0 Å². The molecule has 0 aliphatic rings. The van der Waals surface area contributed by atoms with E-state index in [0.717, 1.165) is 34.6 Å². The smallest absolute Gasteiger partial charge is 0.162 e. The van der Waals surface area contributed by atoms with Gasteiger partial charge in [-0.05, 0) is 42.8 Å². The van der Waals surface area contributed by atoms with Gasteiger partial charge in [-0.1, -0.05) is 45.4 Å². The predicted octanol–water partition coefficient (Wildman–Crippen LogP) is 7.21. The number of ether oxygens (including phenoxy) is 3. The number of rotatable bonds is 13. The highest BCUT2D eigenvalue weighted by Gasteiger charge is 2.11. The zero-order valence-electron chi connectivity index (χ0n) is 18.9. The lowest BCUT2D eigenvalue weighted by Gasteiger charge is -2.13. The molecule has 0 spiro atoms. The van der Waals surface area contributed by atoms with E-state index in [1.807, 2.05) is 30.3 Å². The van der Waals surface area contributed by atoms with Gasteiger partial charge in [0.25, 0.3) is 0 Å². The number of nitrogens with zero attached hydrogens (tertiary/aromatic N) is 1. The Morgan fingerprint density at radius 2 is 1.45 bits per heavy atom. The predicted molar refractivity (Wildman–Crippen MR) is 128 cm³/mol. The summed E-state index contributed by atoms with van der Waals surface area (Å²) < 4.78 is 16.9. The van der Waals surface area contributed by atoms with Crippen molar-refractivity contribution in [1.29, 1.82) is 0 Å². The minimum Gasteiger partial charge on any atom is -0.493 e. The lowest BCUT2D eigenvalue weighted by atomic mass is 10.1. The molecule has 3 rings (SSSR count). The van der Waals surface area contributed by atoms with Gasteiger partial charge in [-0.25, -0.2) is 0 Å². The van der Waals surface area contributed by atoms with Crippen molar-refractivity contribution in [3.05, 3.63) is 48.7 Å². The zero-order valence-corrected chi connectivity index (χ0v) is 18.9. The van der Waals surface area contributed by atoms with Gasteiger partial charge in [-0.3, -0.25) is 4.98 Å². The van der Waals surface area contributed by atoms with Gasteiger partial charge < -0.3 is 19.5 Å². The summed E-state index contributed by atoms with van der Waals surface area (Å²) in [5, 5.41) is 4.38. The first kappa shape index (κ1) is 22.7. The third-order valence-electron chi connectivity index (χ3n) is 5.40. The van der Waals surface area contributed by atoms with Crippen LogP contribution in [0, 0.1) is 0 Å². The monoisotopic (exact) mass is 422 g/mol. The fraction of sp³-hybridized carbons (Fsp3) is 0.423. The number of methoxy groups -OCH3 is 2. The third kappa shape index (κ3) is 6.51. The number of aromatic nitrogens is 1. The molecule has 2 aromatic carbocycles. The fourth-order valence-corrected chi connectivity index (χ4v) is 3.62. The molecule has 0 radical (unpaired) electrons. The molecular formula is C26H34N2O3. The maximum Gasteiger partial charge on any atom is 0.162 e. The van der Waals surface area contributed by atoms with Crippen LogP contribution in [0.4, 0.5) is 5.69 Å². The SMILES string of the molecule is CCCCCCCCCNc1ccc(Oc2ccnc3cc(OC)c(OC)cc23)cc1. The molecule has 31 heavy (non-hydrogen) atoms. The topological polar surface area (TPSA) is 52.6 Å². The fourth-order valence-electron chi connectivity index (χ4n) is 3.62. The summed E-state index contributed by atoms with van der Waals surface area (Å²) in [6.45, 7) is 3.26. The summed E-state index contributed by atoms with van der Waals surface area (Å²) in [4.78, 5) is 4.43. The van der Waals surface area contributed by atoms with Crippen LogP contribution in [0.2, 0.25) is 0 Å². The van der Waals surface area contributed by atoms with Crippen LogP contribution in [-0.2, 0) is 0 Å². The van der Waals surface area contributed by atoms with E-state index in [9.17, 15) is 0 Å². The van der Waals surface area contributed by atoms with Crippen LogP contribution in [0.15, 0.2) is 48.7 Å². The van der Waals surface area contributed by atoms with Gasteiger partial charge in [0.1, 0.15) is 11.5 Å². The highest BCUT2D eigenvalue weighted by molar-refractivity contribution is 5.88. The molecule has 0 amide bonds. The van der Waals surface area contributed by atoms with Crippen molar-refractivity contribution in [2.75, 3.05) is 26.1 Å². The number of pyridine rings is 1. The molecule has 0 fully saturated rings. The molecule has 1 heterocycles. The molecule has 0 bridgehead atoms. The number of nitrogens with one attached hydrogen (secondary N) is 1. The standard InChI is InChI=1S/C26H34N2O3/c1-4-5-6-7-8-9-10-16-27-20-11-13-21(14-12-20)31-24-15-17-28-23-19-26(30-3)25(29-2)18-22(23)24/h11-15,17-19,27H,4-10,16H2,1-3H3. The molecule has 3 aromatic rings. The molecule has 1 N–H and O–H groups in total. The second kappa shape index (κ2) is 12.0. The summed E-state index contributed by atoms with van der Waals surface area (Å²) >= 11 is 0. The number of fused-ring (bicyclic) bond motifs is 1. The molecule has 5 nitrogen and oxygen atoms in total. The Bertz CT molecular complexity index is 941. The maximum atomic E-state index is 6.15. The molecule has 0 aliphatic carbocycles. The Balaban J connectivity index is 1.56. The van der Waals surface area contributed by atoms with Crippen molar-refractivity contribution in [1.82, 2.24) is 4.98 Å². The van der Waals surface area contributed by atoms with Gasteiger partial charge in [-0.2, -0.15) is 0 Å². The van der Waals surface area contributed by atoms with Crippen LogP contribution < -0.4 is 19.5 Å². The number of hydrogen-bond acceptors (Lipinski definition) is 5. The Morgan fingerprint density at radius 3 is 2.16 bits per heavy atom. The van der Waals surface area contributed by atoms with Crippen LogP contribution in [0.1, 0.15) is 51.9 Å². The molecule has 5 heteroatoms. The molecular weight excluding hydrogens is 388 g/mol. The van der Waals surface area contributed by atoms with Crippen molar-refractivity contribution >= 4 is 16.6 Å². The average Bonchev–Trinajstić information content (AvgIpc) is 2.81. The Labute approximate surface area is 185 Å². The summed E-state index contributed by atoms with van der Waals surface area (Å²) in [6.07, 6.45) is 11.0. The van der Waals surface area contributed by atoms with Crippen LogP contribution in [0.25, 0.3) is 10.9 Å². The van der Waals surface area contributed by atoms with Gasteiger partial charge >= 0.3 is 0 Å². The van der Waals surface area contributed by atoms with Gasteiger partial charge in [0.15, 0.2) is 11.5 Å². The van der Waals surface area contributed by atoms with E-state index in [1.54, 1.807) is 20.4 Å². The van der Waals surface area contributed by atoms with E-state index >= 15 is 0 Å². The molecule has 0 aliphatic heterocycles. The van der Waals surface area contributed by atoms with Crippen LogP contribution in [0.5, 0.6) is 23.0 Å². The van der Waals surface area contributed by atoms with Crippen molar-refractivity contribution < 1.29 is 14.2 Å². The number of hydrogen-bond donors (Lipinski definition) is 1. The van der Waals surface area contributed by atoms with Gasteiger partial charge in [0, 0.05) is 29.9 Å². The van der Waals surface area contributed by atoms with Crippen molar-refractivity contribution in [2.24, 2.45) is 0 Å². The molecule has 0 unspecified atom stereocenters. The summed E-state index contributed by atoms with van der Waals surface area (Å²) in [5.74, 6) is 2.81. The molecule has 166 valence electrons. The van der Waals surface area contributed by atoms with Crippen molar-refractivity contribution in [2.45, 2.75) is 51.9 Å². The van der Waals surface area contributed by atoms with Gasteiger partial charge in [0.05, 0.1) is 19.7 Å². The summed E-state index contributed by atoms with van der Waals surface area (Å²) in [5.41, 5.74) is 1.91. The molecule has 0 saturated carbocycles. The molecule has 0 atom stereocenters. The normalized spacial score (nSPS) is 10.8. The van der Waals surface area contributed by atoms with E-state index in [4.69, 9.17) is 14.2 Å². The lowest BCUT2D eigenvalue weighted by Crippen LogP contribution is -2.01. The first-order valence-corrected chi connectivity index (χ1v) is 11.3. The Kier molecular flexibility index (Phi) is 8.83. The second-order valence-electron chi connectivity index (χ2n) is 7.71. The van der Waals surface area contributed by atoms with Crippen LogP contribution >= 0.6 is 0 Å². The number of anilines is 1. The van der Waals surface area contributed by atoms with E-state index in [1.165, 1.54) is 44.9 Å². The van der Waals surface area contributed by atoms with Crippen molar-refractivity contribution in [3.8, 4) is 23.0 Å². The summed E-state index contributed by atoms with van der Waals surface area (Å²) in [7, 11) is 3.24. The maximum absolute atomic E-state index is 6.15. The largest absolute Gasteiger partial charge is 0.493 e. The first-order chi connectivity index (χ1) is 15.2. The van der Waals surface area contributed by atoms with E-state index < -0.39 is 0 Å². The average molecular weight is 423 g/mol. The Morgan fingerprint density at radius 1 is 0.774 bits per heavy atom. The van der Waals surface area contributed by atoms with Gasteiger partial charge in [-0.15, -0.1) is 0 Å². The minimum absolute atomic E-state index is 0.649. The van der Waals surface area contributed by atoms with Crippen LogP contribution in [0.3, 0.4) is 0 Å². The lowest BCUT2D eigenvalue weighted by molar-refractivity contribution is 0.355. The zero-order chi connectivity index (χ0) is 21.9. The highest BCUT2D eigenvalue weighted by Crippen LogP contribution is 2.36. The van der Waals surface area contributed by atoms with Crippen LogP contribution in [-0.4, -0.2) is 25.7 Å². The van der Waals surface area contributed by atoms with E-state index in [-0.39, 0.29) is 0 Å². The summed E-state index contributed by atoms with van der Waals surface area (Å²) in [6, 6.07) is 13.7. The molecule has 0 saturated heterocycles. The number of benzene rings is 2. The first-order valence-electron chi connectivity index (χ1n) is 11.3. The number of unbranched alkanes of at least 4 members (excludes halogenated alkanes) is 6. The minimum atomic E-state index is 0.649. The molecule has 1 aromatic heterocycles. The quantitative estimate of drug-likeness (QED) is 0.295. The van der Waals surface area contributed by atoms with Crippen molar-refractivity contribution in [3.63, 3.8) is 0 Å². The second-order valence-corrected chi connectivity index (χ2v) is 7.71. The van der Waals surface area contributed by atoms with E-state index in [2.05, 4.69) is 29.4 Å². The third-order valence-corrected chi connectivity index (χ3v) is 5.40. The Hall–Kier alpha value is -2.95.